The highest BCUT2D eigenvalue weighted by Crippen LogP contribution is 2.35. The van der Waals surface area contributed by atoms with E-state index in [-0.39, 0.29) is 17.3 Å². The predicted octanol–water partition coefficient (Wildman–Crippen LogP) is 1.17. The minimum atomic E-state index is -0.965. The maximum absolute atomic E-state index is 13.0. The van der Waals surface area contributed by atoms with Gasteiger partial charge in [-0.05, 0) is 44.6 Å². The summed E-state index contributed by atoms with van der Waals surface area (Å²) in [6.07, 6.45) is 4.75. The van der Waals surface area contributed by atoms with E-state index in [9.17, 15) is 19.5 Å². The van der Waals surface area contributed by atoms with Crippen LogP contribution in [0.4, 0.5) is 0 Å². The quantitative estimate of drug-likeness (QED) is 0.596. The van der Waals surface area contributed by atoms with E-state index in [1.807, 2.05) is 6.26 Å². The average Bonchev–Trinajstić information content (AvgIpc) is 2.94. The van der Waals surface area contributed by atoms with Crippen molar-refractivity contribution < 1.29 is 24.2 Å². The SMILES string of the molecule is CCOC(=O)C(CCSC)N[C@@H]1CCC[C@@H]2SC[C@H](C(=O)O)N2C1=O. The van der Waals surface area contributed by atoms with E-state index >= 15 is 0 Å². The Labute approximate surface area is 156 Å². The number of hydrogen-bond donors (Lipinski definition) is 2. The fraction of sp³-hybridized carbons (Fsp3) is 0.812. The van der Waals surface area contributed by atoms with Gasteiger partial charge in [0, 0.05) is 5.75 Å². The molecule has 2 aliphatic rings. The number of carboxylic acids is 1. The third-order valence-corrected chi connectivity index (χ3v) is 6.46. The van der Waals surface area contributed by atoms with Crippen LogP contribution in [0, 0.1) is 0 Å². The Morgan fingerprint density at radius 1 is 1.48 bits per heavy atom. The van der Waals surface area contributed by atoms with E-state index in [4.69, 9.17) is 4.74 Å². The summed E-state index contributed by atoms with van der Waals surface area (Å²) in [7, 11) is 0. The van der Waals surface area contributed by atoms with Gasteiger partial charge in [0.1, 0.15) is 12.1 Å². The van der Waals surface area contributed by atoms with Gasteiger partial charge in [-0.2, -0.15) is 11.8 Å². The molecule has 0 aromatic heterocycles. The number of rotatable bonds is 8. The zero-order valence-electron chi connectivity index (χ0n) is 14.6. The van der Waals surface area contributed by atoms with E-state index in [1.54, 1.807) is 18.7 Å². The molecule has 2 aliphatic heterocycles. The summed E-state index contributed by atoms with van der Waals surface area (Å²) in [6.45, 7) is 2.05. The molecule has 4 atom stereocenters. The molecule has 0 spiro atoms. The van der Waals surface area contributed by atoms with Crippen LogP contribution in [0.15, 0.2) is 0 Å². The predicted molar refractivity (Wildman–Crippen MR) is 98.7 cm³/mol. The van der Waals surface area contributed by atoms with E-state index in [0.717, 1.165) is 18.6 Å². The molecule has 1 amide bonds. The normalized spacial score (nSPS) is 27.5. The molecule has 25 heavy (non-hydrogen) atoms. The largest absolute Gasteiger partial charge is 0.480 e. The fourth-order valence-corrected chi connectivity index (χ4v) is 5.14. The number of carbonyl (C=O) groups excluding carboxylic acids is 2. The molecule has 1 unspecified atom stereocenters. The Morgan fingerprint density at radius 2 is 2.24 bits per heavy atom. The molecule has 2 N–H and O–H groups in total. The maximum Gasteiger partial charge on any atom is 0.327 e. The lowest BCUT2D eigenvalue weighted by atomic mass is 10.1. The first-order chi connectivity index (χ1) is 12.0. The van der Waals surface area contributed by atoms with Gasteiger partial charge in [0.15, 0.2) is 0 Å². The monoisotopic (exact) mass is 390 g/mol. The molecule has 2 fully saturated rings. The Kier molecular flexibility index (Phi) is 7.89. The smallest absolute Gasteiger partial charge is 0.327 e. The van der Waals surface area contributed by atoms with Crippen LogP contribution in [-0.2, 0) is 19.1 Å². The van der Waals surface area contributed by atoms with Crippen molar-refractivity contribution in [1.82, 2.24) is 10.2 Å². The van der Waals surface area contributed by atoms with Crippen molar-refractivity contribution in [2.75, 3.05) is 24.4 Å². The number of nitrogens with one attached hydrogen (secondary N) is 1. The molecule has 2 rings (SSSR count). The zero-order chi connectivity index (χ0) is 18.4. The number of ether oxygens (including phenoxy) is 1. The Bertz CT molecular complexity index is 505. The van der Waals surface area contributed by atoms with Crippen LogP contribution in [-0.4, -0.2) is 75.7 Å². The second-order valence-corrected chi connectivity index (χ2v) is 8.32. The molecular formula is C16H26N2O5S2. The van der Waals surface area contributed by atoms with E-state index in [1.165, 1.54) is 16.7 Å². The Morgan fingerprint density at radius 3 is 2.88 bits per heavy atom. The number of carbonyl (C=O) groups is 3. The van der Waals surface area contributed by atoms with Gasteiger partial charge in [0.2, 0.25) is 5.91 Å². The molecule has 9 heteroatoms. The van der Waals surface area contributed by atoms with Crippen molar-refractivity contribution in [2.45, 2.75) is 56.1 Å². The van der Waals surface area contributed by atoms with Crippen molar-refractivity contribution in [3.63, 3.8) is 0 Å². The summed E-state index contributed by atoms with van der Waals surface area (Å²) < 4.78 is 5.12. The molecule has 2 heterocycles. The van der Waals surface area contributed by atoms with Gasteiger partial charge in [-0.1, -0.05) is 0 Å². The van der Waals surface area contributed by atoms with E-state index in [2.05, 4.69) is 5.32 Å². The minimum Gasteiger partial charge on any atom is -0.480 e. The molecule has 2 saturated heterocycles. The number of hydrogen-bond acceptors (Lipinski definition) is 7. The van der Waals surface area contributed by atoms with Gasteiger partial charge in [-0.15, -0.1) is 11.8 Å². The van der Waals surface area contributed by atoms with E-state index in [0.29, 0.717) is 25.2 Å². The summed E-state index contributed by atoms with van der Waals surface area (Å²) in [5.41, 5.74) is 0. The van der Waals surface area contributed by atoms with Crippen molar-refractivity contribution in [3.05, 3.63) is 0 Å². The van der Waals surface area contributed by atoms with Crippen LogP contribution in [0.1, 0.15) is 32.6 Å². The van der Waals surface area contributed by atoms with Crippen molar-refractivity contribution in [1.29, 1.82) is 0 Å². The first kappa shape index (κ1) is 20.4. The highest BCUT2D eigenvalue weighted by molar-refractivity contribution is 8.00. The van der Waals surface area contributed by atoms with E-state index < -0.39 is 24.1 Å². The van der Waals surface area contributed by atoms with Gasteiger partial charge >= 0.3 is 11.9 Å². The standard InChI is InChI=1S/C16H26N2O5S2/c1-3-23-16(22)11(7-8-24-2)17-10-5-4-6-13-18(14(10)19)12(9-25-13)15(20)21/h10-13,17H,3-9H2,1-2H3,(H,20,21)/t10-,11?,12-,13+/m1/s1. The van der Waals surface area contributed by atoms with Crippen LogP contribution >= 0.6 is 23.5 Å². The molecule has 7 nitrogen and oxygen atoms in total. The summed E-state index contributed by atoms with van der Waals surface area (Å²) in [5.74, 6) is -0.328. The van der Waals surface area contributed by atoms with Crippen molar-refractivity contribution in [3.8, 4) is 0 Å². The number of amides is 1. The second kappa shape index (κ2) is 9.68. The summed E-state index contributed by atoms with van der Waals surface area (Å²) in [4.78, 5) is 38.1. The highest BCUT2D eigenvalue weighted by atomic mass is 32.2. The topological polar surface area (TPSA) is 95.9 Å². The van der Waals surface area contributed by atoms with Crippen LogP contribution in [0.3, 0.4) is 0 Å². The zero-order valence-corrected chi connectivity index (χ0v) is 16.2. The van der Waals surface area contributed by atoms with Crippen LogP contribution in [0.2, 0.25) is 0 Å². The average molecular weight is 391 g/mol. The number of nitrogens with zero attached hydrogens (tertiary/aromatic N) is 1. The molecule has 0 aromatic rings. The molecule has 0 aliphatic carbocycles. The summed E-state index contributed by atoms with van der Waals surface area (Å²) >= 11 is 3.16. The van der Waals surface area contributed by atoms with Gasteiger partial charge in [0.25, 0.3) is 0 Å². The molecule has 0 saturated carbocycles. The van der Waals surface area contributed by atoms with Gasteiger partial charge in [-0.3, -0.25) is 14.9 Å². The third kappa shape index (κ3) is 5.04. The van der Waals surface area contributed by atoms with Crippen LogP contribution in [0.25, 0.3) is 0 Å². The summed E-state index contributed by atoms with van der Waals surface area (Å²) in [5, 5.41) is 12.5. The maximum atomic E-state index is 13.0. The molecule has 142 valence electrons. The lowest BCUT2D eigenvalue weighted by Crippen LogP contribution is -2.55. The Hall–Kier alpha value is -0.930. The number of thioether (sulfide) groups is 2. The van der Waals surface area contributed by atoms with Crippen molar-refractivity contribution in [2.24, 2.45) is 0 Å². The lowest BCUT2D eigenvalue weighted by molar-refractivity contribution is -0.151. The third-order valence-electron chi connectivity index (χ3n) is 4.46. The molecular weight excluding hydrogens is 364 g/mol. The minimum absolute atomic E-state index is 0.0763. The Balaban J connectivity index is 2.11. The fourth-order valence-electron chi connectivity index (χ4n) is 3.22. The number of aliphatic carboxylic acids is 1. The lowest BCUT2D eigenvalue weighted by Gasteiger charge is -2.29. The van der Waals surface area contributed by atoms with Crippen molar-refractivity contribution >= 4 is 41.4 Å². The van der Waals surface area contributed by atoms with Crippen LogP contribution in [0.5, 0.6) is 0 Å². The number of esters is 1. The number of fused-ring (bicyclic) bond motifs is 1. The first-order valence-electron chi connectivity index (χ1n) is 8.57. The van der Waals surface area contributed by atoms with Gasteiger partial charge < -0.3 is 14.7 Å². The second-order valence-electron chi connectivity index (χ2n) is 6.12. The highest BCUT2D eigenvalue weighted by Gasteiger charge is 2.45. The first-order valence-corrected chi connectivity index (χ1v) is 11.0. The molecule has 0 aromatic carbocycles. The van der Waals surface area contributed by atoms with Crippen LogP contribution < -0.4 is 5.32 Å². The summed E-state index contributed by atoms with van der Waals surface area (Å²) in [6, 6.07) is -1.87. The molecule has 0 bridgehead atoms. The van der Waals surface area contributed by atoms with Gasteiger partial charge in [0.05, 0.1) is 18.0 Å². The number of carboxylic acid groups (broad SMARTS) is 1. The van der Waals surface area contributed by atoms with Gasteiger partial charge in [-0.25, -0.2) is 4.79 Å². The molecule has 0 radical (unpaired) electrons.